The molecule has 3 aliphatic heterocycles. The Balaban J connectivity index is 1.69. The second-order valence-electron chi connectivity index (χ2n) is 14.9. The van der Waals surface area contributed by atoms with E-state index in [2.05, 4.69) is 59.9 Å². The fourth-order valence-electron chi connectivity index (χ4n) is 8.43. The molecule has 1 saturated heterocycles. The predicted molar refractivity (Wildman–Crippen MR) is 194 cm³/mol. The number of benzene rings is 1. The van der Waals surface area contributed by atoms with E-state index in [0.717, 1.165) is 31.3 Å². The largest absolute Gasteiger partial charge is 0.372 e. The predicted octanol–water partition coefficient (Wildman–Crippen LogP) is 5.21. The maximum absolute atomic E-state index is 15.0. The summed E-state index contributed by atoms with van der Waals surface area (Å²) in [5.41, 5.74) is 13.2. The first-order valence-corrected chi connectivity index (χ1v) is 19.6. The van der Waals surface area contributed by atoms with Gasteiger partial charge in [0, 0.05) is 70.5 Å². The van der Waals surface area contributed by atoms with Crippen LogP contribution in [0.1, 0.15) is 95.2 Å². The second kappa shape index (κ2) is 15.6. The Labute approximate surface area is 289 Å². The van der Waals surface area contributed by atoms with Crippen molar-refractivity contribution in [1.29, 1.82) is 0 Å². The van der Waals surface area contributed by atoms with Gasteiger partial charge in [0.2, 0.25) is 5.91 Å². The van der Waals surface area contributed by atoms with Crippen molar-refractivity contribution < 1.29 is 17.9 Å². The lowest BCUT2D eigenvalue weighted by Gasteiger charge is -2.44. The van der Waals surface area contributed by atoms with Crippen LogP contribution < -0.4 is 10.5 Å². The van der Waals surface area contributed by atoms with Crippen LogP contribution in [-0.2, 0) is 26.2 Å². The van der Waals surface area contributed by atoms with Gasteiger partial charge in [-0.2, -0.15) is 17.4 Å². The molecule has 5 rings (SSSR count). The molecule has 0 radical (unpaired) electrons. The Morgan fingerprint density at radius 3 is 2.42 bits per heavy atom. The van der Waals surface area contributed by atoms with Crippen molar-refractivity contribution in [3.8, 4) is 0 Å². The number of amides is 1. The molecule has 1 amide bonds. The molecule has 1 saturated carbocycles. The summed E-state index contributed by atoms with van der Waals surface area (Å²) in [7, 11) is -0.521. The zero-order valence-electron chi connectivity index (χ0n) is 30.1. The molecule has 9 nitrogen and oxygen atoms in total. The summed E-state index contributed by atoms with van der Waals surface area (Å²) in [4.78, 5) is 19.4. The molecule has 48 heavy (non-hydrogen) atoms. The first-order valence-electron chi connectivity index (χ1n) is 18.2. The Kier molecular flexibility index (Phi) is 11.9. The van der Waals surface area contributed by atoms with Gasteiger partial charge in [0.05, 0.1) is 17.6 Å². The number of hydrogen-bond acceptors (Lipinski definition) is 6. The van der Waals surface area contributed by atoms with E-state index in [-0.39, 0.29) is 30.6 Å². The van der Waals surface area contributed by atoms with Crippen LogP contribution in [0.2, 0.25) is 0 Å². The quantitative estimate of drug-likeness (QED) is 0.365. The number of nitrogens with two attached hydrogens (primary N) is 1. The van der Waals surface area contributed by atoms with Gasteiger partial charge in [-0.15, -0.1) is 0 Å². The summed E-state index contributed by atoms with van der Waals surface area (Å²) in [6.45, 7) is 11.2. The van der Waals surface area contributed by atoms with Gasteiger partial charge in [-0.3, -0.25) is 4.79 Å². The maximum Gasteiger partial charge on any atom is 0.279 e. The summed E-state index contributed by atoms with van der Waals surface area (Å²) in [6, 6.07) is 6.87. The molecule has 0 bridgehead atoms. The molecule has 0 aromatic heterocycles. The van der Waals surface area contributed by atoms with Crippen LogP contribution in [0.5, 0.6) is 0 Å². The lowest BCUT2D eigenvalue weighted by Crippen LogP contribution is -2.57. The molecule has 1 aromatic carbocycles. The molecule has 0 spiro atoms. The van der Waals surface area contributed by atoms with Crippen molar-refractivity contribution in [2.75, 3.05) is 53.4 Å². The maximum atomic E-state index is 15.0. The first kappa shape index (κ1) is 36.8. The van der Waals surface area contributed by atoms with E-state index in [9.17, 15) is 13.2 Å². The van der Waals surface area contributed by atoms with Gasteiger partial charge in [-0.1, -0.05) is 69.0 Å². The molecule has 4 atom stereocenters. The number of nitrogens with zero attached hydrogens (tertiary/aromatic N) is 3. The van der Waals surface area contributed by atoms with Crippen molar-refractivity contribution in [3.05, 3.63) is 64.3 Å². The van der Waals surface area contributed by atoms with Crippen LogP contribution in [0.25, 0.3) is 5.70 Å². The summed E-state index contributed by atoms with van der Waals surface area (Å²) in [6.07, 6.45) is 15.4. The van der Waals surface area contributed by atoms with Crippen molar-refractivity contribution in [3.63, 3.8) is 0 Å². The van der Waals surface area contributed by atoms with Gasteiger partial charge in [0.15, 0.2) is 0 Å². The molecule has 10 heteroatoms. The second-order valence-corrected chi connectivity index (χ2v) is 16.9. The Hall–Kier alpha value is -2.50. The highest BCUT2D eigenvalue weighted by atomic mass is 32.2. The molecule has 2 fully saturated rings. The third-order valence-electron chi connectivity index (χ3n) is 11.0. The van der Waals surface area contributed by atoms with Crippen molar-refractivity contribution in [1.82, 2.24) is 18.8 Å². The molecular weight excluding hydrogens is 623 g/mol. The van der Waals surface area contributed by atoms with Crippen LogP contribution in [0.15, 0.2) is 47.6 Å². The summed E-state index contributed by atoms with van der Waals surface area (Å²) in [5.74, 6) is 0.398. The monoisotopic (exact) mass is 681 g/mol. The number of rotatable bonds is 8. The van der Waals surface area contributed by atoms with Crippen molar-refractivity contribution in [2.24, 2.45) is 17.1 Å². The standard InChI is InChI=1S/C38H59N5O4S/c1-7-29-17-18-33-34(21-29)35(22-39)38(4,37(44)43-24-27(2)47-28(3)25-43)26-42-20-19-30(23-40-48(45,46)41(5)6)13-12-16-32(36(33)42)31-14-10-8-9-11-15-31/h12-13,17-19,21,27-28,31,35,40H,7-11,14-16,20,22-26,39H2,1-6H3/b13-12-,30-19+,36-32+. The fourth-order valence-corrected chi connectivity index (χ4v) is 9.04. The number of nitrogens with one attached hydrogen (secondary N) is 1. The lowest BCUT2D eigenvalue weighted by molar-refractivity contribution is -0.154. The fraction of sp³-hybridized carbons (Fsp3) is 0.658. The molecule has 1 aromatic rings. The van der Waals surface area contributed by atoms with Gasteiger partial charge >= 0.3 is 0 Å². The molecule has 1 aliphatic carbocycles. The molecule has 4 unspecified atom stereocenters. The molecule has 266 valence electrons. The van der Waals surface area contributed by atoms with E-state index in [0.29, 0.717) is 38.6 Å². The number of fused-ring (bicyclic) bond motifs is 3. The van der Waals surface area contributed by atoms with Gasteiger partial charge in [0.25, 0.3) is 10.2 Å². The van der Waals surface area contributed by atoms with E-state index >= 15 is 0 Å². The third kappa shape index (κ3) is 7.94. The molecule has 3 heterocycles. The number of morpholine rings is 1. The minimum atomic E-state index is -3.59. The smallest absolute Gasteiger partial charge is 0.279 e. The Bertz CT molecular complexity index is 1500. The first-order chi connectivity index (χ1) is 22.9. The average molecular weight is 682 g/mol. The average Bonchev–Trinajstić information content (AvgIpc) is 3.35. The van der Waals surface area contributed by atoms with Gasteiger partial charge < -0.3 is 20.3 Å². The molecule has 3 N–H and O–H groups in total. The number of allylic oxidation sites excluding steroid dienone is 2. The minimum absolute atomic E-state index is 0.0348. The summed E-state index contributed by atoms with van der Waals surface area (Å²) < 4.78 is 35.3. The Morgan fingerprint density at radius 2 is 1.79 bits per heavy atom. The number of hydrogen-bond donors (Lipinski definition) is 2. The van der Waals surface area contributed by atoms with Crippen LogP contribution in [-0.4, -0.2) is 94.0 Å². The van der Waals surface area contributed by atoms with Crippen molar-refractivity contribution in [2.45, 2.75) is 97.2 Å². The Morgan fingerprint density at radius 1 is 1.10 bits per heavy atom. The zero-order chi connectivity index (χ0) is 34.6. The topological polar surface area (TPSA) is 108 Å². The summed E-state index contributed by atoms with van der Waals surface area (Å²) >= 11 is 0. The van der Waals surface area contributed by atoms with E-state index in [1.165, 1.54) is 72.0 Å². The normalized spacial score (nSPS) is 31.0. The zero-order valence-corrected chi connectivity index (χ0v) is 30.9. The molecular formula is C38H59N5O4S. The van der Waals surface area contributed by atoms with E-state index in [4.69, 9.17) is 10.5 Å². The van der Waals surface area contributed by atoms with Crippen LogP contribution >= 0.6 is 0 Å². The lowest BCUT2D eigenvalue weighted by atomic mass is 9.71. The van der Waals surface area contributed by atoms with Crippen LogP contribution in [0.4, 0.5) is 0 Å². The van der Waals surface area contributed by atoms with E-state index < -0.39 is 15.6 Å². The highest BCUT2D eigenvalue weighted by molar-refractivity contribution is 7.87. The van der Waals surface area contributed by atoms with Gasteiger partial charge in [-0.05, 0) is 74.6 Å². The van der Waals surface area contributed by atoms with Gasteiger partial charge in [-0.25, -0.2) is 0 Å². The number of carbonyl (C=O) groups excluding carboxylic acids is 1. The molecule has 4 aliphatic rings. The highest BCUT2D eigenvalue weighted by Gasteiger charge is 2.49. The van der Waals surface area contributed by atoms with Gasteiger partial charge in [0.1, 0.15) is 0 Å². The van der Waals surface area contributed by atoms with E-state index in [1.807, 2.05) is 18.7 Å². The number of ether oxygens (including phenoxy) is 1. The third-order valence-corrected chi connectivity index (χ3v) is 12.5. The SMILES string of the molecule is CCc1ccc2c(c1)C(CN)C(C)(C(=O)N1CC(C)OC(C)C1)CN1C/C=C(CNS(=O)(=O)N(C)C)\C=C/C/C(C3CCCCCC3)=C/21. The number of aryl methyl sites for hydroxylation is 1. The van der Waals surface area contributed by atoms with Crippen LogP contribution in [0, 0.1) is 11.3 Å². The number of carbonyl (C=O) groups is 1. The van der Waals surface area contributed by atoms with Crippen molar-refractivity contribution >= 4 is 21.8 Å². The summed E-state index contributed by atoms with van der Waals surface area (Å²) in [5, 5.41) is 0. The highest BCUT2D eigenvalue weighted by Crippen LogP contribution is 2.49. The van der Waals surface area contributed by atoms with E-state index in [1.54, 1.807) is 0 Å². The minimum Gasteiger partial charge on any atom is -0.372 e. The van der Waals surface area contributed by atoms with Crippen LogP contribution in [0.3, 0.4) is 0 Å².